The molecule has 0 aromatic carbocycles. The summed E-state index contributed by atoms with van der Waals surface area (Å²) in [5.41, 5.74) is 2.35. The highest BCUT2D eigenvalue weighted by Crippen LogP contribution is 2.08. The quantitative estimate of drug-likeness (QED) is 0.408. The van der Waals surface area contributed by atoms with Gasteiger partial charge in [-0.15, -0.1) is 6.58 Å². The van der Waals surface area contributed by atoms with Gasteiger partial charge < -0.3 is 0 Å². The van der Waals surface area contributed by atoms with Crippen molar-refractivity contribution in [3.63, 3.8) is 0 Å². The molecule has 0 fully saturated rings. The van der Waals surface area contributed by atoms with Gasteiger partial charge in [0.25, 0.3) is 0 Å². The van der Waals surface area contributed by atoms with Crippen LogP contribution in [0.25, 0.3) is 0 Å². The maximum absolute atomic E-state index is 4.78. The van der Waals surface area contributed by atoms with Gasteiger partial charge >= 0.3 is 0 Å². The van der Waals surface area contributed by atoms with Gasteiger partial charge in [-0.25, -0.2) is 0 Å². The normalized spacial score (nSPS) is 15.3. The molecular formula is C16H27N. The van der Waals surface area contributed by atoms with Gasteiger partial charge in [0.15, 0.2) is 0 Å². The Morgan fingerprint density at radius 1 is 1.41 bits per heavy atom. The molecular weight excluding hydrogens is 206 g/mol. The predicted molar refractivity (Wildman–Crippen MR) is 79.8 cm³/mol. The molecule has 0 N–H and O–H groups in total. The zero-order valence-electron chi connectivity index (χ0n) is 11.9. The summed E-state index contributed by atoms with van der Waals surface area (Å²) in [6.07, 6.45) is 12.8. The average Bonchev–Trinajstić information content (AvgIpc) is 2.32. The molecule has 1 heteroatoms. The Balaban J connectivity index is 4.70. The molecule has 0 bridgehead atoms. The van der Waals surface area contributed by atoms with Crippen molar-refractivity contribution in [1.82, 2.24) is 0 Å². The molecule has 0 amide bonds. The van der Waals surface area contributed by atoms with Gasteiger partial charge in [-0.3, -0.25) is 4.99 Å². The van der Waals surface area contributed by atoms with E-state index in [-0.39, 0.29) is 0 Å². The second-order valence-corrected chi connectivity index (χ2v) is 4.42. The number of unbranched alkanes of at least 4 members (excludes halogenated alkanes) is 1. The van der Waals surface area contributed by atoms with Crippen LogP contribution in [0.5, 0.6) is 0 Å². The smallest absolute Gasteiger partial charge is 0.0600 e. The van der Waals surface area contributed by atoms with Crippen LogP contribution in [0.2, 0.25) is 0 Å². The fraction of sp³-hybridized carbons (Fsp3) is 0.562. The summed E-state index contributed by atoms with van der Waals surface area (Å²) in [7, 11) is 0. The topological polar surface area (TPSA) is 12.4 Å². The van der Waals surface area contributed by atoms with E-state index in [1.165, 1.54) is 24.8 Å². The average molecular weight is 233 g/mol. The molecule has 0 aromatic rings. The van der Waals surface area contributed by atoms with Crippen LogP contribution in [0.4, 0.5) is 0 Å². The maximum atomic E-state index is 4.78. The fourth-order valence-corrected chi connectivity index (χ4v) is 1.60. The lowest BCUT2D eigenvalue weighted by Crippen LogP contribution is -2.05. The van der Waals surface area contributed by atoms with Gasteiger partial charge in [0.05, 0.1) is 5.71 Å². The largest absolute Gasteiger partial charge is 0.282 e. The van der Waals surface area contributed by atoms with E-state index in [1.807, 2.05) is 13.0 Å². The Labute approximate surface area is 107 Å². The van der Waals surface area contributed by atoms with Crippen molar-refractivity contribution in [2.75, 3.05) is 0 Å². The molecule has 0 radical (unpaired) electrons. The minimum absolute atomic E-state index is 0.410. The molecule has 0 heterocycles. The zero-order chi connectivity index (χ0) is 13.1. The van der Waals surface area contributed by atoms with Crippen LogP contribution in [0.15, 0.2) is 41.4 Å². The predicted octanol–water partition coefficient (Wildman–Crippen LogP) is 5.10. The lowest BCUT2D eigenvalue weighted by Gasteiger charge is -2.09. The van der Waals surface area contributed by atoms with Crippen molar-refractivity contribution in [3.8, 4) is 0 Å². The van der Waals surface area contributed by atoms with E-state index in [9.17, 15) is 0 Å². The first-order valence-electron chi connectivity index (χ1n) is 6.64. The van der Waals surface area contributed by atoms with Gasteiger partial charge in [-0.1, -0.05) is 38.0 Å². The van der Waals surface area contributed by atoms with Crippen molar-refractivity contribution in [3.05, 3.63) is 36.5 Å². The van der Waals surface area contributed by atoms with E-state index in [0.717, 1.165) is 12.1 Å². The minimum atomic E-state index is 0.410. The Morgan fingerprint density at radius 3 is 2.65 bits per heavy atom. The number of hydrogen-bond donors (Lipinski definition) is 0. The molecule has 17 heavy (non-hydrogen) atoms. The first-order valence-corrected chi connectivity index (χ1v) is 6.64. The highest BCUT2D eigenvalue weighted by molar-refractivity contribution is 6.08. The summed E-state index contributed by atoms with van der Waals surface area (Å²) >= 11 is 0. The Kier molecular flexibility index (Phi) is 9.41. The standard InChI is InChI=1S/C16H27N/c1-6-9-12-14(4)16(11-8-3)17-15(5)13-10-7-2/h6,8,11-12,15H,1,7,9-10,13H2,2-5H3/b11-8-,14-12?,17-16?. The third-order valence-electron chi connectivity index (χ3n) is 2.65. The van der Waals surface area contributed by atoms with Crippen LogP contribution in [0.1, 0.15) is 53.4 Å². The monoisotopic (exact) mass is 233 g/mol. The summed E-state index contributed by atoms with van der Waals surface area (Å²) in [5.74, 6) is 0. The van der Waals surface area contributed by atoms with Gasteiger partial charge in [-0.05, 0) is 45.3 Å². The SMILES string of the molecule is C=CCC=C(C)C(/C=C\C)=NC(C)CCCC. The van der Waals surface area contributed by atoms with E-state index in [1.54, 1.807) is 0 Å². The summed E-state index contributed by atoms with van der Waals surface area (Å²) < 4.78 is 0. The van der Waals surface area contributed by atoms with Gasteiger partial charge in [0, 0.05) is 6.04 Å². The van der Waals surface area contributed by atoms with Crippen molar-refractivity contribution in [2.24, 2.45) is 4.99 Å². The Morgan fingerprint density at radius 2 is 2.12 bits per heavy atom. The molecule has 0 saturated heterocycles. The van der Waals surface area contributed by atoms with Crippen LogP contribution < -0.4 is 0 Å². The number of rotatable bonds is 8. The summed E-state index contributed by atoms with van der Waals surface area (Å²) in [4.78, 5) is 4.78. The van der Waals surface area contributed by atoms with Crippen LogP contribution in [-0.4, -0.2) is 11.8 Å². The molecule has 0 aromatic heterocycles. The van der Waals surface area contributed by atoms with Crippen LogP contribution in [0, 0.1) is 0 Å². The summed E-state index contributed by atoms with van der Waals surface area (Å²) in [5, 5.41) is 0. The van der Waals surface area contributed by atoms with Crippen LogP contribution >= 0.6 is 0 Å². The minimum Gasteiger partial charge on any atom is -0.282 e. The van der Waals surface area contributed by atoms with E-state index in [4.69, 9.17) is 4.99 Å². The Bertz CT molecular complexity index is 295. The number of nitrogens with zero attached hydrogens (tertiary/aromatic N) is 1. The highest BCUT2D eigenvalue weighted by atomic mass is 14.8. The summed E-state index contributed by atoms with van der Waals surface area (Å²) in [6, 6.07) is 0.410. The van der Waals surface area contributed by atoms with Crippen molar-refractivity contribution < 1.29 is 0 Å². The number of aliphatic imine (C=N–C) groups is 1. The van der Waals surface area contributed by atoms with Crippen molar-refractivity contribution in [1.29, 1.82) is 0 Å². The first-order chi connectivity index (χ1) is 8.15. The first kappa shape index (κ1) is 15.9. The number of hydrogen-bond acceptors (Lipinski definition) is 1. The third kappa shape index (κ3) is 7.73. The van der Waals surface area contributed by atoms with Crippen LogP contribution in [0.3, 0.4) is 0 Å². The van der Waals surface area contributed by atoms with Crippen molar-refractivity contribution in [2.45, 2.75) is 59.4 Å². The molecule has 0 aliphatic heterocycles. The molecule has 0 rings (SSSR count). The molecule has 1 unspecified atom stereocenters. The maximum Gasteiger partial charge on any atom is 0.0600 e. The van der Waals surface area contributed by atoms with E-state index < -0.39 is 0 Å². The second-order valence-electron chi connectivity index (χ2n) is 4.42. The van der Waals surface area contributed by atoms with E-state index in [0.29, 0.717) is 6.04 Å². The molecule has 1 atom stereocenters. The Hall–Kier alpha value is -1.11. The number of allylic oxidation sites excluding steroid dienone is 5. The van der Waals surface area contributed by atoms with Gasteiger partial charge in [0.2, 0.25) is 0 Å². The molecule has 96 valence electrons. The highest BCUT2D eigenvalue weighted by Gasteiger charge is 2.02. The lowest BCUT2D eigenvalue weighted by molar-refractivity contribution is 0.618. The fourth-order valence-electron chi connectivity index (χ4n) is 1.60. The molecule has 0 aliphatic rings. The molecule has 0 spiro atoms. The zero-order valence-corrected chi connectivity index (χ0v) is 11.9. The van der Waals surface area contributed by atoms with Crippen LogP contribution in [-0.2, 0) is 0 Å². The second kappa shape index (κ2) is 10.1. The summed E-state index contributed by atoms with van der Waals surface area (Å²) in [6.45, 7) is 12.3. The molecule has 0 aliphatic carbocycles. The molecule has 0 saturated carbocycles. The van der Waals surface area contributed by atoms with E-state index >= 15 is 0 Å². The third-order valence-corrected chi connectivity index (χ3v) is 2.65. The van der Waals surface area contributed by atoms with Gasteiger partial charge in [0.1, 0.15) is 0 Å². The van der Waals surface area contributed by atoms with Gasteiger partial charge in [-0.2, -0.15) is 0 Å². The van der Waals surface area contributed by atoms with E-state index in [2.05, 4.69) is 45.6 Å². The molecule has 1 nitrogen and oxygen atoms in total. The lowest BCUT2D eigenvalue weighted by atomic mass is 10.1. The van der Waals surface area contributed by atoms with Crippen molar-refractivity contribution >= 4 is 5.71 Å².